The molecule has 2 heterocycles. The Kier molecular flexibility index (Phi) is 10.1. The lowest BCUT2D eigenvalue weighted by Crippen LogP contribution is -2.37. The maximum atomic E-state index is 11.8. The predicted molar refractivity (Wildman–Crippen MR) is 110 cm³/mol. The van der Waals surface area contributed by atoms with Crippen LogP contribution in [0.1, 0.15) is 44.9 Å². The standard InChI is InChI=1S/C18H31N5O5S/c24-15(19-10-12-29)6-4-5-14-13-22(21-20-14)11-3-1-2-7-18(27)28-23-16(25)8-9-17(23)26/h8-9,14,20-21,25-26,29H,1-7,10-13H2,(H,19,24). The van der Waals surface area contributed by atoms with Gasteiger partial charge in [0.15, 0.2) is 0 Å². The number of nitrogens with one attached hydrogen (secondary N) is 3. The van der Waals surface area contributed by atoms with Crippen LogP contribution in [0.25, 0.3) is 0 Å². The van der Waals surface area contributed by atoms with Gasteiger partial charge in [-0.15, -0.1) is 4.73 Å². The molecule has 0 saturated carbocycles. The number of unbranched alkanes of at least 4 members (excludes halogenated alkanes) is 2. The molecule has 29 heavy (non-hydrogen) atoms. The van der Waals surface area contributed by atoms with Gasteiger partial charge >= 0.3 is 5.97 Å². The van der Waals surface area contributed by atoms with Crippen molar-refractivity contribution in [1.29, 1.82) is 0 Å². The molecule has 0 aliphatic carbocycles. The van der Waals surface area contributed by atoms with Gasteiger partial charge in [-0.1, -0.05) is 6.42 Å². The first-order valence-electron chi connectivity index (χ1n) is 9.94. The second kappa shape index (κ2) is 12.6. The normalized spacial score (nSPS) is 16.8. The fourth-order valence-electron chi connectivity index (χ4n) is 3.03. The van der Waals surface area contributed by atoms with E-state index in [0.717, 1.165) is 38.8 Å². The molecule has 1 amide bonds. The molecule has 11 heteroatoms. The number of amides is 1. The summed E-state index contributed by atoms with van der Waals surface area (Å²) in [6, 6.07) is 2.79. The zero-order chi connectivity index (χ0) is 21.1. The highest BCUT2D eigenvalue weighted by molar-refractivity contribution is 7.80. The Morgan fingerprint density at radius 3 is 2.66 bits per heavy atom. The molecule has 1 saturated heterocycles. The number of hydrazine groups is 2. The van der Waals surface area contributed by atoms with E-state index in [-0.39, 0.29) is 24.1 Å². The summed E-state index contributed by atoms with van der Waals surface area (Å²) in [7, 11) is 0. The molecule has 5 N–H and O–H groups in total. The molecule has 0 radical (unpaired) electrons. The lowest BCUT2D eigenvalue weighted by molar-refractivity contribution is -0.145. The van der Waals surface area contributed by atoms with Gasteiger partial charge in [-0.05, 0) is 25.7 Å². The molecule has 1 atom stereocenters. The molecular formula is C18H31N5O5S. The minimum absolute atomic E-state index is 0.0718. The van der Waals surface area contributed by atoms with Crippen LogP contribution < -0.4 is 21.1 Å². The third-order valence-electron chi connectivity index (χ3n) is 4.56. The fourth-order valence-corrected chi connectivity index (χ4v) is 3.15. The molecule has 0 spiro atoms. The summed E-state index contributed by atoms with van der Waals surface area (Å²) in [5.74, 6) is -0.433. The SMILES string of the molecule is O=C(CCCC1CN(CCCCCC(=O)On2c(O)ccc2O)NN1)NCCS. The fraction of sp³-hybridized carbons (Fsp3) is 0.667. The molecule has 164 valence electrons. The van der Waals surface area contributed by atoms with Crippen molar-refractivity contribution in [3.8, 4) is 11.8 Å². The van der Waals surface area contributed by atoms with Crippen molar-refractivity contribution in [3.63, 3.8) is 0 Å². The molecule has 1 fully saturated rings. The second-order valence-electron chi connectivity index (χ2n) is 6.98. The van der Waals surface area contributed by atoms with Crippen LogP contribution in [0, 0.1) is 0 Å². The average molecular weight is 430 g/mol. The lowest BCUT2D eigenvalue weighted by Gasteiger charge is -2.14. The maximum absolute atomic E-state index is 11.8. The average Bonchev–Trinajstić information content (AvgIpc) is 3.27. The number of aromatic nitrogens is 1. The number of hydrogen-bond donors (Lipinski definition) is 6. The van der Waals surface area contributed by atoms with Gasteiger partial charge in [-0.25, -0.2) is 15.2 Å². The zero-order valence-corrected chi connectivity index (χ0v) is 17.4. The van der Waals surface area contributed by atoms with Gasteiger partial charge in [0.2, 0.25) is 17.7 Å². The highest BCUT2D eigenvalue weighted by Crippen LogP contribution is 2.19. The summed E-state index contributed by atoms with van der Waals surface area (Å²) in [5.41, 5.74) is 6.37. The largest absolute Gasteiger partial charge is 0.492 e. The van der Waals surface area contributed by atoms with E-state index in [0.29, 0.717) is 35.9 Å². The van der Waals surface area contributed by atoms with Crippen molar-refractivity contribution in [2.75, 3.05) is 25.4 Å². The molecule has 0 bridgehead atoms. The Morgan fingerprint density at radius 1 is 1.17 bits per heavy atom. The van der Waals surface area contributed by atoms with Crippen molar-refractivity contribution in [2.45, 2.75) is 51.0 Å². The maximum Gasteiger partial charge on any atom is 0.333 e. The summed E-state index contributed by atoms with van der Waals surface area (Å²) in [6.45, 7) is 2.32. The van der Waals surface area contributed by atoms with E-state index >= 15 is 0 Å². The lowest BCUT2D eigenvalue weighted by atomic mass is 10.1. The molecule has 2 rings (SSSR count). The van der Waals surface area contributed by atoms with Crippen molar-refractivity contribution in [2.24, 2.45) is 0 Å². The molecule has 1 aromatic heterocycles. The summed E-state index contributed by atoms with van der Waals surface area (Å²) in [5, 5.41) is 23.8. The van der Waals surface area contributed by atoms with Crippen LogP contribution in [0.15, 0.2) is 12.1 Å². The molecule has 10 nitrogen and oxygen atoms in total. The quantitative estimate of drug-likeness (QED) is 0.196. The van der Waals surface area contributed by atoms with Crippen LogP contribution in [0.4, 0.5) is 0 Å². The van der Waals surface area contributed by atoms with E-state index in [4.69, 9.17) is 4.84 Å². The van der Waals surface area contributed by atoms with Crippen LogP contribution in [-0.2, 0) is 9.59 Å². The zero-order valence-electron chi connectivity index (χ0n) is 16.5. The van der Waals surface area contributed by atoms with Crippen molar-refractivity contribution >= 4 is 24.5 Å². The van der Waals surface area contributed by atoms with Crippen LogP contribution in [0.3, 0.4) is 0 Å². The summed E-state index contributed by atoms with van der Waals surface area (Å²) in [6.07, 6.45) is 4.92. The minimum atomic E-state index is -0.508. The first-order valence-corrected chi connectivity index (χ1v) is 10.6. The summed E-state index contributed by atoms with van der Waals surface area (Å²) < 4.78 is 0.701. The van der Waals surface area contributed by atoms with E-state index in [9.17, 15) is 19.8 Å². The highest BCUT2D eigenvalue weighted by atomic mass is 32.1. The van der Waals surface area contributed by atoms with E-state index in [1.54, 1.807) is 0 Å². The molecular weight excluding hydrogens is 398 g/mol. The Bertz CT molecular complexity index is 637. The van der Waals surface area contributed by atoms with Gasteiger partial charge in [0.1, 0.15) is 0 Å². The van der Waals surface area contributed by atoms with Crippen molar-refractivity contribution in [3.05, 3.63) is 12.1 Å². The third-order valence-corrected chi connectivity index (χ3v) is 4.78. The van der Waals surface area contributed by atoms with Gasteiger partial charge < -0.3 is 20.4 Å². The topological polar surface area (TPSA) is 128 Å². The van der Waals surface area contributed by atoms with Gasteiger partial charge in [0.25, 0.3) is 0 Å². The first kappa shape index (κ1) is 23.3. The number of rotatable bonds is 13. The first-order chi connectivity index (χ1) is 14.0. The van der Waals surface area contributed by atoms with Crippen LogP contribution >= 0.6 is 12.6 Å². The molecule has 0 aromatic carbocycles. The number of aromatic hydroxyl groups is 2. The van der Waals surface area contributed by atoms with Crippen LogP contribution in [-0.4, -0.2) is 63.3 Å². The van der Waals surface area contributed by atoms with Crippen LogP contribution in [0.5, 0.6) is 11.8 Å². The van der Waals surface area contributed by atoms with Crippen LogP contribution in [0.2, 0.25) is 0 Å². The number of carbonyl (C=O) groups excluding carboxylic acids is 2. The predicted octanol–water partition coefficient (Wildman–Crippen LogP) is 0.325. The highest BCUT2D eigenvalue weighted by Gasteiger charge is 2.21. The Hall–Kier alpha value is -1.95. The summed E-state index contributed by atoms with van der Waals surface area (Å²) in [4.78, 5) is 28.2. The van der Waals surface area contributed by atoms with Crippen molar-refractivity contribution < 1.29 is 24.6 Å². The Balaban J connectivity index is 1.49. The monoisotopic (exact) mass is 429 g/mol. The van der Waals surface area contributed by atoms with E-state index < -0.39 is 5.97 Å². The van der Waals surface area contributed by atoms with E-state index in [1.165, 1.54) is 12.1 Å². The number of hydrogen-bond acceptors (Lipinski definition) is 9. The van der Waals surface area contributed by atoms with Gasteiger partial charge in [0, 0.05) is 56.4 Å². The number of carbonyl (C=O) groups is 2. The number of nitrogens with zero attached hydrogens (tertiary/aromatic N) is 2. The van der Waals surface area contributed by atoms with Gasteiger partial charge in [-0.3, -0.25) is 4.79 Å². The van der Waals surface area contributed by atoms with E-state index in [1.807, 2.05) is 0 Å². The molecule has 1 unspecified atom stereocenters. The summed E-state index contributed by atoms with van der Waals surface area (Å²) >= 11 is 4.06. The second-order valence-corrected chi connectivity index (χ2v) is 7.43. The van der Waals surface area contributed by atoms with Gasteiger partial charge in [-0.2, -0.15) is 18.2 Å². The molecule has 1 aromatic rings. The smallest absolute Gasteiger partial charge is 0.333 e. The molecule has 1 aliphatic heterocycles. The number of thiol groups is 1. The minimum Gasteiger partial charge on any atom is -0.492 e. The third kappa shape index (κ3) is 8.52. The van der Waals surface area contributed by atoms with Crippen molar-refractivity contribution in [1.82, 2.24) is 26.0 Å². The Morgan fingerprint density at radius 2 is 1.93 bits per heavy atom. The van der Waals surface area contributed by atoms with E-state index in [2.05, 4.69) is 33.9 Å². The Labute approximate surface area is 175 Å². The molecule has 1 aliphatic rings. The van der Waals surface area contributed by atoms with Gasteiger partial charge in [0.05, 0.1) is 0 Å².